The van der Waals surface area contributed by atoms with E-state index in [2.05, 4.69) is 62.1 Å². The summed E-state index contributed by atoms with van der Waals surface area (Å²) >= 11 is 0. The lowest BCUT2D eigenvalue weighted by atomic mass is 9.71. The first-order chi connectivity index (χ1) is 19.6. The van der Waals surface area contributed by atoms with Gasteiger partial charge in [0, 0.05) is 17.8 Å². The van der Waals surface area contributed by atoms with Gasteiger partial charge in [0.15, 0.2) is 11.6 Å². The highest BCUT2D eigenvalue weighted by Gasteiger charge is 2.31. The fourth-order valence-corrected chi connectivity index (χ4v) is 5.07. The third-order valence-corrected chi connectivity index (χ3v) is 7.48. The van der Waals surface area contributed by atoms with Crippen molar-refractivity contribution in [3.63, 3.8) is 0 Å². The van der Waals surface area contributed by atoms with E-state index in [1.165, 1.54) is 16.9 Å². The maximum absolute atomic E-state index is 14.0. The van der Waals surface area contributed by atoms with Gasteiger partial charge in [0.1, 0.15) is 5.69 Å². The van der Waals surface area contributed by atoms with E-state index in [-0.39, 0.29) is 41.1 Å². The number of nitrogens with zero attached hydrogens (tertiary/aromatic N) is 6. The molecule has 3 heterocycles. The molecule has 41 heavy (non-hydrogen) atoms. The third kappa shape index (κ3) is 6.61. The van der Waals surface area contributed by atoms with E-state index in [1.807, 2.05) is 0 Å². The van der Waals surface area contributed by atoms with Gasteiger partial charge < -0.3 is 5.32 Å². The van der Waals surface area contributed by atoms with Crippen molar-refractivity contribution in [2.24, 2.45) is 11.3 Å². The molecule has 4 aromatic rings. The number of amides is 2. The number of tetrazole rings is 1. The van der Waals surface area contributed by atoms with Crippen molar-refractivity contribution in [2.45, 2.75) is 59.0 Å². The summed E-state index contributed by atoms with van der Waals surface area (Å²) in [6, 6.07) is 8.30. The van der Waals surface area contributed by atoms with Crippen LogP contribution in [0, 0.1) is 23.0 Å². The van der Waals surface area contributed by atoms with Crippen LogP contribution in [0.1, 0.15) is 73.0 Å². The Hall–Kier alpha value is -4.55. The van der Waals surface area contributed by atoms with Gasteiger partial charge in [0.05, 0.1) is 23.5 Å². The number of halogens is 2. The van der Waals surface area contributed by atoms with Crippen molar-refractivity contribution >= 4 is 17.8 Å². The highest BCUT2D eigenvalue weighted by molar-refractivity contribution is 6.03. The molecule has 1 fully saturated rings. The molecule has 0 bridgehead atoms. The first-order valence-corrected chi connectivity index (χ1v) is 13.4. The van der Waals surface area contributed by atoms with Crippen LogP contribution in [0.2, 0.25) is 0 Å². The quantitative estimate of drug-likeness (QED) is 0.303. The Morgan fingerprint density at radius 2 is 1.80 bits per heavy atom. The lowest BCUT2D eigenvalue weighted by Gasteiger charge is -2.37. The maximum Gasteiger partial charge on any atom is 0.270 e. The highest BCUT2D eigenvalue weighted by Crippen LogP contribution is 2.37. The number of anilines is 1. The van der Waals surface area contributed by atoms with Crippen molar-refractivity contribution < 1.29 is 18.4 Å². The van der Waals surface area contributed by atoms with Crippen molar-refractivity contribution in [1.29, 1.82) is 0 Å². The monoisotopic (exact) mass is 563 g/mol. The summed E-state index contributed by atoms with van der Waals surface area (Å²) in [5.41, 5.74) is 1.95. The molecule has 0 saturated heterocycles. The van der Waals surface area contributed by atoms with Crippen LogP contribution in [-0.2, 0) is 6.54 Å². The first kappa shape index (κ1) is 28.0. The van der Waals surface area contributed by atoms with Crippen LogP contribution in [0.25, 0.3) is 11.3 Å². The average Bonchev–Trinajstić information content (AvgIpc) is 3.61. The van der Waals surface area contributed by atoms with Gasteiger partial charge in [-0.2, -0.15) is 10.3 Å². The number of carbonyl (C=O) groups is 2. The lowest BCUT2D eigenvalue weighted by Crippen LogP contribution is -2.40. The molecule has 0 atom stereocenters. The van der Waals surface area contributed by atoms with Gasteiger partial charge in [0.25, 0.3) is 17.8 Å². The molecule has 3 aromatic heterocycles. The van der Waals surface area contributed by atoms with Crippen molar-refractivity contribution in [1.82, 2.24) is 40.7 Å². The Bertz CT molecular complexity index is 1520. The van der Waals surface area contributed by atoms with E-state index < -0.39 is 17.5 Å². The Kier molecular flexibility index (Phi) is 7.86. The van der Waals surface area contributed by atoms with Gasteiger partial charge in [0.2, 0.25) is 0 Å². The van der Waals surface area contributed by atoms with Gasteiger partial charge >= 0.3 is 0 Å². The minimum absolute atomic E-state index is 0.0305. The molecular formula is C28H31F2N9O2. The summed E-state index contributed by atoms with van der Waals surface area (Å²) in [6.45, 7) is 6.84. The number of benzene rings is 1. The third-order valence-electron chi connectivity index (χ3n) is 7.48. The Labute approximate surface area is 235 Å². The molecule has 0 spiro atoms. The Morgan fingerprint density at radius 3 is 2.44 bits per heavy atom. The van der Waals surface area contributed by atoms with Gasteiger partial charge in [-0.1, -0.05) is 25.9 Å². The normalized spacial score (nSPS) is 17.3. The van der Waals surface area contributed by atoms with Gasteiger partial charge in [-0.25, -0.2) is 8.78 Å². The van der Waals surface area contributed by atoms with E-state index in [4.69, 9.17) is 0 Å². The maximum atomic E-state index is 14.0. The first-order valence-electron chi connectivity index (χ1n) is 13.4. The molecule has 3 N–H and O–H groups in total. The molecule has 2 amide bonds. The number of hydrogen-bond acceptors (Lipinski definition) is 7. The Balaban J connectivity index is 1.35. The molecule has 5 rings (SSSR count). The summed E-state index contributed by atoms with van der Waals surface area (Å²) in [5, 5.41) is 23.2. The van der Waals surface area contributed by atoms with Crippen LogP contribution in [-0.4, -0.2) is 53.2 Å². The minimum Gasteiger partial charge on any atom is -0.348 e. The topological polar surface area (TPSA) is 143 Å². The Morgan fingerprint density at radius 1 is 1.02 bits per heavy atom. The zero-order valence-corrected chi connectivity index (χ0v) is 23.0. The molecule has 0 aliphatic heterocycles. The molecule has 214 valence electrons. The number of pyridine rings is 1. The highest BCUT2D eigenvalue weighted by atomic mass is 19.2. The lowest BCUT2D eigenvalue weighted by molar-refractivity contribution is 0.0893. The van der Waals surface area contributed by atoms with E-state index in [0.29, 0.717) is 22.9 Å². The fraction of sp³-hybridized carbons (Fsp3) is 0.393. The van der Waals surface area contributed by atoms with Gasteiger partial charge in [-0.05, 0) is 78.6 Å². The second-order valence-corrected chi connectivity index (χ2v) is 11.3. The van der Waals surface area contributed by atoms with Crippen molar-refractivity contribution in [3.8, 4) is 11.3 Å². The fourth-order valence-electron chi connectivity index (χ4n) is 5.07. The smallest absolute Gasteiger partial charge is 0.270 e. The van der Waals surface area contributed by atoms with E-state index in [9.17, 15) is 18.4 Å². The van der Waals surface area contributed by atoms with Gasteiger partial charge in [-0.15, -0.1) is 5.10 Å². The van der Waals surface area contributed by atoms with Crippen molar-refractivity contribution in [3.05, 3.63) is 71.2 Å². The second kappa shape index (κ2) is 11.5. The zero-order valence-electron chi connectivity index (χ0n) is 23.0. The van der Waals surface area contributed by atoms with Crippen LogP contribution in [0.3, 0.4) is 0 Å². The van der Waals surface area contributed by atoms with Crippen LogP contribution >= 0.6 is 0 Å². The number of H-pyrrole nitrogens is 1. The summed E-state index contributed by atoms with van der Waals surface area (Å²) in [5.74, 6) is -2.11. The number of hydrogen-bond donors (Lipinski definition) is 3. The summed E-state index contributed by atoms with van der Waals surface area (Å²) in [6.07, 6.45) is 5.21. The zero-order chi connectivity index (χ0) is 29.1. The summed E-state index contributed by atoms with van der Waals surface area (Å²) in [7, 11) is 0. The largest absolute Gasteiger partial charge is 0.348 e. The van der Waals surface area contributed by atoms with Crippen molar-refractivity contribution in [2.75, 3.05) is 5.32 Å². The SMILES string of the molecule is CC(C)(C)C1CCC(NC(=O)c2cc(-c3ccc(F)c(F)c3)nn2Cc2ccc(C(=O)Nc3nn[nH]n3)cn2)CC1. The average molecular weight is 564 g/mol. The number of aromatic nitrogens is 7. The molecule has 1 aliphatic rings. The van der Waals surface area contributed by atoms with Crippen LogP contribution in [0.15, 0.2) is 42.6 Å². The van der Waals surface area contributed by atoms with E-state index in [1.54, 1.807) is 18.2 Å². The number of nitrogens with one attached hydrogen (secondary N) is 3. The minimum atomic E-state index is -1.00. The van der Waals surface area contributed by atoms with Gasteiger partial charge in [-0.3, -0.25) is 24.6 Å². The molecule has 1 aliphatic carbocycles. The molecular weight excluding hydrogens is 532 g/mol. The second-order valence-electron chi connectivity index (χ2n) is 11.3. The van der Waals surface area contributed by atoms with E-state index in [0.717, 1.165) is 37.8 Å². The molecule has 0 radical (unpaired) electrons. The molecule has 0 unspecified atom stereocenters. The van der Waals surface area contributed by atoms with Crippen LogP contribution < -0.4 is 10.6 Å². The van der Waals surface area contributed by atoms with Crippen LogP contribution in [0.4, 0.5) is 14.7 Å². The summed E-state index contributed by atoms with van der Waals surface area (Å²) in [4.78, 5) is 30.2. The molecule has 1 aromatic carbocycles. The predicted octanol–water partition coefficient (Wildman–Crippen LogP) is 4.37. The standard InChI is InChI=1S/C28H31F2N9O2/c1-28(2,3)18-6-9-19(10-7-18)32-26(41)24-13-23(16-5-11-21(29)22(30)12-16)36-39(24)15-20-8-4-17(14-31-20)25(40)33-27-34-37-38-35-27/h4-5,8,11-14,18-19H,6-7,9-10,15H2,1-3H3,(H,32,41)(H2,33,34,35,37,38,40). The predicted molar refractivity (Wildman–Crippen MR) is 146 cm³/mol. The number of aromatic amines is 1. The summed E-state index contributed by atoms with van der Waals surface area (Å²) < 4.78 is 29.0. The van der Waals surface area contributed by atoms with Crippen LogP contribution in [0.5, 0.6) is 0 Å². The molecule has 13 heteroatoms. The van der Waals surface area contributed by atoms with E-state index >= 15 is 0 Å². The molecule has 11 nitrogen and oxygen atoms in total. The molecule has 1 saturated carbocycles. The number of rotatable bonds is 7. The number of carbonyl (C=O) groups excluding carboxylic acids is 2.